The number of para-hydroxylation sites is 1. The maximum Gasteiger partial charge on any atom is 0.387 e. The molecule has 0 radical (unpaired) electrons. The minimum absolute atomic E-state index is 0.0580. The standard InChI is InChI=1S/C23H22F2N2O5S/c1-3-27(18-9-5-4-6-10-18)33(29,30)19-11-7-8-16(14-19)22(28)26-17-12-13-20(31-2)21(15-17)32-23(24)25/h4-15,23H,3H2,1-2H3,(H,26,28). The molecule has 0 fully saturated rings. The fraction of sp³-hybridized carbons (Fsp3) is 0.174. The Morgan fingerprint density at radius 3 is 2.36 bits per heavy atom. The third-order valence-corrected chi connectivity index (χ3v) is 6.55. The van der Waals surface area contributed by atoms with E-state index in [4.69, 9.17) is 4.74 Å². The number of sulfonamides is 1. The lowest BCUT2D eigenvalue weighted by Crippen LogP contribution is -2.30. The lowest BCUT2D eigenvalue weighted by molar-refractivity contribution is -0.0511. The van der Waals surface area contributed by atoms with Gasteiger partial charge in [0, 0.05) is 23.9 Å². The topological polar surface area (TPSA) is 84.9 Å². The molecule has 3 aromatic rings. The number of carbonyl (C=O) groups excluding carboxylic acids is 1. The van der Waals surface area contributed by atoms with Gasteiger partial charge in [0.1, 0.15) is 0 Å². The zero-order valence-electron chi connectivity index (χ0n) is 17.9. The van der Waals surface area contributed by atoms with Crippen molar-refractivity contribution < 1.29 is 31.5 Å². The van der Waals surface area contributed by atoms with E-state index in [1.807, 2.05) is 0 Å². The van der Waals surface area contributed by atoms with Crippen molar-refractivity contribution in [2.45, 2.75) is 18.4 Å². The van der Waals surface area contributed by atoms with E-state index in [9.17, 15) is 22.0 Å². The lowest BCUT2D eigenvalue weighted by atomic mass is 10.2. The highest BCUT2D eigenvalue weighted by Gasteiger charge is 2.24. The van der Waals surface area contributed by atoms with Crippen molar-refractivity contribution >= 4 is 27.3 Å². The quantitative estimate of drug-likeness (QED) is 0.481. The second kappa shape index (κ2) is 10.3. The molecule has 3 rings (SSSR count). The number of nitrogens with one attached hydrogen (secondary N) is 1. The molecule has 7 nitrogen and oxygen atoms in total. The fourth-order valence-electron chi connectivity index (χ4n) is 3.16. The Morgan fingerprint density at radius 1 is 1.00 bits per heavy atom. The van der Waals surface area contributed by atoms with Crippen LogP contribution in [0.25, 0.3) is 0 Å². The van der Waals surface area contributed by atoms with Gasteiger partial charge < -0.3 is 14.8 Å². The summed E-state index contributed by atoms with van der Waals surface area (Å²) < 4.78 is 62.3. The zero-order chi connectivity index (χ0) is 24.0. The first-order chi connectivity index (χ1) is 15.8. The molecule has 33 heavy (non-hydrogen) atoms. The van der Waals surface area contributed by atoms with Gasteiger partial charge in [0.25, 0.3) is 15.9 Å². The number of hydrogen-bond donors (Lipinski definition) is 1. The molecule has 0 aliphatic rings. The average Bonchev–Trinajstić information content (AvgIpc) is 2.80. The van der Waals surface area contributed by atoms with E-state index in [1.165, 1.54) is 53.9 Å². The highest BCUT2D eigenvalue weighted by atomic mass is 32.2. The molecule has 0 bridgehead atoms. The number of methoxy groups -OCH3 is 1. The van der Waals surface area contributed by atoms with Gasteiger partial charge >= 0.3 is 6.61 Å². The maximum atomic E-state index is 13.2. The Kier molecular flexibility index (Phi) is 7.49. The average molecular weight is 477 g/mol. The molecule has 0 aliphatic heterocycles. The van der Waals surface area contributed by atoms with Gasteiger partial charge in [-0.05, 0) is 49.4 Å². The number of benzene rings is 3. The minimum Gasteiger partial charge on any atom is -0.493 e. The van der Waals surface area contributed by atoms with Gasteiger partial charge in [-0.3, -0.25) is 9.10 Å². The summed E-state index contributed by atoms with van der Waals surface area (Å²) in [6.45, 7) is -1.16. The van der Waals surface area contributed by atoms with Gasteiger partial charge in [-0.2, -0.15) is 8.78 Å². The number of nitrogens with zero attached hydrogens (tertiary/aromatic N) is 1. The van der Waals surface area contributed by atoms with Crippen LogP contribution in [0.3, 0.4) is 0 Å². The van der Waals surface area contributed by atoms with Crippen LogP contribution in [-0.4, -0.2) is 34.6 Å². The molecule has 0 saturated heterocycles. The molecule has 0 spiro atoms. The molecule has 1 amide bonds. The minimum atomic E-state index is -3.93. The predicted octanol–water partition coefficient (Wildman–Crippen LogP) is 4.76. The molecule has 0 unspecified atom stereocenters. The summed E-state index contributed by atoms with van der Waals surface area (Å²) in [4.78, 5) is 12.7. The number of alkyl halides is 2. The zero-order valence-corrected chi connectivity index (χ0v) is 18.7. The van der Waals surface area contributed by atoms with E-state index in [0.717, 1.165) is 0 Å². The second-order valence-corrected chi connectivity index (χ2v) is 8.59. The van der Waals surface area contributed by atoms with Crippen molar-refractivity contribution in [3.8, 4) is 11.5 Å². The summed E-state index contributed by atoms with van der Waals surface area (Å²) >= 11 is 0. The van der Waals surface area contributed by atoms with Crippen LogP contribution in [-0.2, 0) is 10.0 Å². The fourth-order valence-corrected chi connectivity index (χ4v) is 4.68. The van der Waals surface area contributed by atoms with E-state index in [2.05, 4.69) is 10.1 Å². The molecule has 0 saturated carbocycles. The molecule has 0 heterocycles. The van der Waals surface area contributed by atoms with Gasteiger partial charge in [-0.15, -0.1) is 0 Å². The van der Waals surface area contributed by atoms with E-state index >= 15 is 0 Å². The normalized spacial score (nSPS) is 11.2. The van der Waals surface area contributed by atoms with Gasteiger partial charge in [0.2, 0.25) is 0 Å². The molecule has 0 aromatic heterocycles. The number of rotatable bonds is 9. The summed E-state index contributed by atoms with van der Waals surface area (Å²) in [7, 11) is -2.63. The molecule has 0 atom stereocenters. The van der Waals surface area contributed by atoms with Crippen molar-refractivity contribution in [1.82, 2.24) is 0 Å². The first kappa shape index (κ1) is 24.0. The third kappa shape index (κ3) is 5.58. The van der Waals surface area contributed by atoms with Gasteiger partial charge in [0.05, 0.1) is 17.7 Å². The summed E-state index contributed by atoms with van der Waals surface area (Å²) in [5.74, 6) is -0.798. The molecule has 3 aromatic carbocycles. The van der Waals surface area contributed by atoms with Crippen LogP contribution in [0.15, 0.2) is 77.7 Å². The monoisotopic (exact) mass is 476 g/mol. The number of hydrogen-bond acceptors (Lipinski definition) is 5. The first-order valence-electron chi connectivity index (χ1n) is 9.88. The Hall–Kier alpha value is -3.66. The van der Waals surface area contributed by atoms with Gasteiger partial charge in [-0.25, -0.2) is 8.42 Å². The summed E-state index contributed by atoms with van der Waals surface area (Å²) in [5, 5.41) is 2.55. The summed E-state index contributed by atoms with van der Waals surface area (Å²) in [6, 6.07) is 18.2. The Bertz CT molecular complexity index is 1220. The smallest absolute Gasteiger partial charge is 0.387 e. The molecule has 174 valence electrons. The highest BCUT2D eigenvalue weighted by Crippen LogP contribution is 2.32. The Balaban J connectivity index is 1.87. The molecule has 10 heteroatoms. The van der Waals surface area contributed by atoms with Gasteiger partial charge in [0.15, 0.2) is 11.5 Å². The van der Waals surface area contributed by atoms with Crippen molar-refractivity contribution in [3.63, 3.8) is 0 Å². The summed E-state index contributed by atoms with van der Waals surface area (Å²) in [5.41, 5.74) is 0.746. The highest BCUT2D eigenvalue weighted by molar-refractivity contribution is 7.92. The number of ether oxygens (including phenoxy) is 2. The number of carbonyl (C=O) groups is 1. The molecular weight excluding hydrogens is 454 g/mol. The van der Waals surface area contributed by atoms with E-state index < -0.39 is 22.5 Å². The number of halogens is 2. The number of amides is 1. The molecule has 1 N–H and O–H groups in total. The first-order valence-corrected chi connectivity index (χ1v) is 11.3. The summed E-state index contributed by atoms with van der Waals surface area (Å²) in [6.07, 6.45) is 0. The lowest BCUT2D eigenvalue weighted by Gasteiger charge is -2.23. The van der Waals surface area contributed by atoms with E-state index in [-0.39, 0.29) is 34.2 Å². The van der Waals surface area contributed by atoms with E-state index in [1.54, 1.807) is 37.3 Å². The van der Waals surface area contributed by atoms with Crippen LogP contribution in [0, 0.1) is 0 Å². The second-order valence-electron chi connectivity index (χ2n) is 6.73. The van der Waals surface area contributed by atoms with Crippen LogP contribution < -0.4 is 19.1 Å². The Morgan fingerprint density at radius 2 is 1.73 bits per heavy atom. The largest absolute Gasteiger partial charge is 0.493 e. The van der Waals surface area contributed by atoms with Crippen molar-refractivity contribution in [3.05, 3.63) is 78.4 Å². The van der Waals surface area contributed by atoms with Crippen molar-refractivity contribution in [1.29, 1.82) is 0 Å². The van der Waals surface area contributed by atoms with Crippen LogP contribution >= 0.6 is 0 Å². The maximum absolute atomic E-state index is 13.2. The molecular formula is C23H22F2N2O5S. The van der Waals surface area contributed by atoms with Crippen LogP contribution in [0.2, 0.25) is 0 Å². The van der Waals surface area contributed by atoms with E-state index in [0.29, 0.717) is 5.69 Å². The predicted molar refractivity (Wildman–Crippen MR) is 121 cm³/mol. The molecule has 0 aliphatic carbocycles. The number of anilines is 2. The van der Waals surface area contributed by atoms with Crippen molar-refractivity contribution in [2.75, 3.05) is 23.3 Å². The third-order valence-electron chi connectivity index (χ3n) is 4.65. The van der Waals surface area contributed by atoms with Crippen molar-refractivity contribution in [2.24, 2.45) is 0 Å². The van der Waals surface area contributed by atoms with Crippen LogP contribution in [0.4, 0.5) is 20.2 Å². The SMILES string of the molecule is CCN(c1ccccc1)S(=O)(=O)c1cccc(C(=O)Nc2ccc(OC)c(OC(F)F)c2)c1. The van der Waals surface area contributed by atoms with Crippen LogP contribution in [0.5, 0.6) is 11.5 Å². The Labute approximate surface area is 190 Å². The van der Waals surface area contributed by atoms with Gasteiger partial charge in [-0.1, -0.05) is 24.3 Å². The van der Waals surface area contributed by atoms with Crippen LogP contribution in [0.1, 0.15) is 17.3 Å².